The van der Waals surface area contributed by atoms with Gasteiger partial charge in [0.25, 0.3) is 0 Å². The van der Waals surface area contributed by atoms with Crippen molar-refractivity contribution in [1.29, 1.82) is 0 Å². The van der Waals surface area contributed by atoms with Crippen molar-refractivity contribution in [2.24, 2.45) is 11.8 Å². The van der Waals surface area contributed by atoms with Crippen LogP contribution in [0.15, 0.2) is 12.2 Å². The van der Waals surface area contributed by atoms with Gasteiger partial charge in [-0.25, -0.2) is 0 Å². The van der Waals surface area contributed by atoms with E-state index in [1.807, 2.05) is 0 Å². The summed E-state index contributed by atoms with van der Waals surface area (Å²) in [6.07, 6.45) is 14.1. The van der Waals surface area contributed by atoms with Crippen molar-refractivity contribution in [2.75, 3.05) is 0 Å². The van der Waals surface area contributed by atoms with Crippen LogP contribution in [0.1, 0.15) is 58.3 Å². The number of nitrogens with zero attached hydrogens (tertiary/aromatic N) is 1. The van der Waals surface area contributed by atoms with Crippen molar-refractivity contribution in [1.82, 2.24) is 4.90 Å². The highest BCUT2D eigenvalue weighted by Gasteiger charge is 2.43. The zero-order valence-electron chi connectivity index (χ0n) is 11.5. The summed E-state index contributed by atoms with van der Waals surface area (Å²) in [6, 6.07) is 1.06. The molecule has 0 spiro atoms. The Morgan fingerprint density at radius 2 is 2.00 bits per heavy atom. The first kappa shape index (κ1) is 12.3. The lowest BCUT2D eigenvalue weighted by molar-refractivity contribution is -0.139. The van der Waals surface area contributed by atoms with Gasteiger partial charge in [-0.3, -0.25) is 4.79 Å². The fourth-order valence-corrected chi connectivity index (χ4v) is 4.32. The molecule has 1 saturated heterocycles. The summed E-state index contributed by atoms with van der Waals surface area (Å²) >= 11 is 0. The van der Waals surface area contributed by atoms with Gasteiger partial charge >= 0.3 is 0 Å². The lowest BCUT2D eigenvalue weighted by Gasteiger charge is -2.36. The first-order chi connectivity index (χ1) is 8.77. The minimum Gasteiger partial charge on any atom is -0.336 e. The first-order valence-corrected chi connectivity index (χ1v) is 7.74. The molecular weight excluding hydrogens is 222 g/mol. The average Bonchev–Trinajstić information content (AvgIpc) is 2.75. The van der Waals surface area contributed by atoms with Gasteiger partial charge in [0.15, 0.2) is 0 Å². The second kappa shape index (κ2) is 5.07. The third kappa shape index (κ3) is 2.10. The summed E-state index contributed by atoms with van der Waals surface area (Å²) in [7, 11) is 0. The van der Waals surface area contributed by atoms with Gasteiger partial charge in [-0.15, -0.1) is 0 Å². The van der Waals surface area contributed by atoms with Crippen molar-refractivity contribution in [3.8, 4) is 0 Å². The Balaban J connectivity index is 1.73. The molecule has 0 bridgehead atoms. The molecule has 100 valence electrons. The Hall–Kier alpha value is -0.790. The van der Waals surface area contributed by atoms with Gasteiger partial charge < -0.3 is 4.90 Å². The van der Waals surface area contributed by atoms with Gasteiger partial charge in [-0.05, 0) is 51.4 Å². The quantitative estimate of drug-likeness (QED) is 0.649. The third-order valence-electron chi connectivity index (χ3n) is 5.22. The van der Waals surface area contributed by atoms with E-state index < -0.39 is 0 Å². The van der Waals surface area contributed by atoms with E-state index in [0.717, 1.165) is 25.2 Å². The molecule has 4 unspecified atom stereocenters. The maximum Gasteiger partial charge on any atom is 0.226 e. The van der Waals surface area contributed by atoms with Gasteiger partial charge in [-0.1, -0.05) is 25.0 Å². The van der Waals surface area contributed by atoms with Crippen LogP contribution < -0.4 is 0 Å². The van der Waals surface area contributed by atoms with Crippen LogP contribution in [0.3, 0.4) is 0 Å². The molecule has 0 radical (unpaired) electrons. The van der Waals surface area contributed by atoms with Gasteiger partial charge in [0.1, 0.15) is 0 Å². The molecule has 3 rings (SSSR count). The topological polar surface area (TPSA) is 20.3 Å². The fraction of sp³-hybridized carbons (Fsp3) is 0.812. The standard InChI is InChI=1S/C16H25NO/c1-12-11-14-9-5-6-10-15(14)17(12)16(18)13-7-3-2-4-8-13/h2-3,12-15H,4-11H2,1H3. The lowest BCUT2D eigenvalue weighted by Crippen LogP contribution is -2.45. The van der Waals surface area contributed by atoms with Crippen molar-refractivity contribution in [3.05, 3.63) is 12.2 Å². The van der Waals surface area contributed by atoms with E-state index in [1.54, 1.807) is 0 Å². The molecule has 1 heterocycles. The third-order valence-corrected chi connectivity index (χ3v) is 5.22. The van der Waals surface area contributed by atoms with E-state index in [-0.39, 0.29) is 5.92 Å². The number of amides is 1. The molecule has 2 heteroatoms. The predicted molar refractivity (Wildman–Crippen MR) is 73.2 cm³/mol. The highest BCUT2D eigenvalue weighted by atomic mass is 16.2. The van der Waals surface area contributed by atoms with Crippen LogP contribution in [0, 0.1) is 11.8 Å². The van der Waals surface area contributed by atoms with Crippen molar-refractivity contribution < 1.29 is 4.79 Å². The van der Waals surface area contributed by atoms with Crippen LogP contribution in [0.2, 0.25) is 0 Å². The number of carbonyl (C=O) groups excluding carboxylic acids is 1. The van der Waals surface area contributed by atoms with Crippen LogP contribution in [-0.2, 0) is 4.79 Å². The summed E-state index contributed by atoms with van der Waals surface area (Å²) in [5.41, 5.74) is 0. The molecule has 3 aliphatic rings. The summed E-state index contributed by atoms with van der Waals surface area (Å²) in [4.78, 5) is 15.0. The van der Waals surface area contributed by atoms with E-state index in [4.69, 9.17) is 0 Å². The Bertz CT molecular complexity index is 349. The molecule has 0 aromatic carbocycles. The zero-order chi connectivity index (χ0) is 12.5. The number of likely N-dealkylation sites (tertiary alicyclic amines) is 1. The summed E-state index contributed by atoms with van der Waals surface area (Å²) in [6.45, 7) is 2.26. The lowest BCUT2D eigenvalue weighted by atomic mass is 9.84. The fourth-order valence-electron chi connectivity index (χ4n) is 4.32. The van der Waals surface area contributed by atoms with E-state index in [2.05, 4.69) is 24.0 Å². The molecule has 2 fully saturated rings. The van der Waals surface area contributed by atoms with E-state index >= 15 is 0 Å². The molecular formula is C16H25NO. The van der Waals surface area contributed by atoms with Gasteiger partial charge in [-0.2, -0.15) is 0 Å². The first-order valence-electron chi connectivity index (χ1n) is 7.74. The van der Waals surface area contributed by atoms with Crippen LogP contribution in [0.25, 0.3) is 0 Å². The van der Waals surface area contributed by atoms with Crippen molar-refractivity contribution in [3.63, 3.8) is 0 Å². The maximum atomic E-state index is 12.8. The number of carbonyl (C=O) groups is 1. The normalized spacial score (nSPS) is 39.7. The smallest absolute Gasteiger partial charge is 0.226 e. The maximum absolute atomic E-state index is 12.8. The Morgan fingerprint density at radius 3 is 2.78 bits per heavy atom. The van der Waals surface area contributed by atoms with Crippen molar-refractivity contribution >= 4 is 5.91 Å². The average molecular weight is 247 g/mol. The second-order valence-corrected chi connectivity index (χ2v) is 6.42. The van der Waals surface area contributed by atoms with E-state index in [1.165, 1.54) is 32.1 Å². The van der Waals surface area contributed by atoms with Crippen LogP contribution in [0.5, 0.6) is 0 Å². The monoisotopic (exact) mass is 247 g/mol. The molecule has 1 amide bonds. The second-order valence-electron chi connectivity index (χ2n) is 6.42. The molecule has 0 aromatic rings. The molecule has 0 N–H and O–H groups in total. The molecule has 18 heavy (non-hydrogen) atoms. The molecule has 1 aliphatic heterocycles. The minimum atomic E-state index is 0.276. The van der Waals surface area contributed by atoms with Gasteiger partial charge in [0.05, 0.1) is 0 Å². The zero-order valence-corrected chi connectivity index (χ0v) is 11.5. The summed E-state index contributed by atoms with van der Waals surface area (Å²) < 4.78 is 0. The molecule has 4 atom stereocenters. The van der Waals surface area contributed by atoms with Crippen LogP contribution in [-0.4, -0.2) is 22.9 Å². The number of allylic oxidation sites excluding steroid dienone is 2. The molecule has 1 saturated carbocycles. The SMILES string of the molecule is CC1CC2CCCCC2N1C(=O)C1CC=CCC1. The van der Waals surface area contributed by atoms with Crippen LogP contribution in [0.4, 0.5) is 0 Å². The van der Waals surface area contributed by atoms with E-state index in [0.29, 0.717) is 18.0 Å². The Labute approximate surface area is 110 Å². The number of rotatable bonds is 1. The van der Waals surface area contributed by atoms with Crippen LogP contribution >= 0.6 is 0 Å². The highest BCUT2D eigenvalue weighted by molar-refractivity contribution is 5.80. The van der Waals surface area contributed by atoms with Crippen molar-refractivity contribution in [2.45, 2.75) is 70.4 Å². The molecule has 0 aromatic heterocycles. The predicted octanol–water partition coefficient (Wildman–Crippen LogP) is 3.52. The Morgan fingerprint density at radius 1 is 1.17 bits per heavy atom. The summed E-state index contributed by atoms with van der Waals surface area (Å²) in [5, 5.41) is 0. The van der Waals surface area contributed by atoms with Gasteiger partial charge in [0.2, 0.25) is 5.91 Å². The summed E-state index contributed by atoms with van der Waals surface area (Å²) in [5.74, 6) is 1.54. The number of hydrogen-bond acceptors (Lipinski definition) is 1. The molecule has 2 nitrogen and oxygen atoms in total. The largest absolute Gasteiger partial charge is 0.336 e. The minimum absolute atomic E-state index is 0.276. The Kier molecular flexibility index (Phi) is 3.45. The van der Waals surface area contributed by atoms with E-state index in [9.17, 15) is 4.79 Å². The van der Waals surface area contributed by atoms with Gasteiger partial charge in [0, 0.05) is 18.0 Å². The number of fused-ring (bicyclic) bond motifs is 1. The highest BCUT2D eigenvalue weighted by Crippen LogP contribution is 2.41. The number of hydrogen-bond donors (Lipinski definition) is 0. The molecule has 2 aliphatic carbocycles.